The molecule has 1 aromatic carbocycles. The quantitative estimate of drug-likeness (QED) is 0.413. The zero-order chi connectivity index (χ0) is 21.2. The van der Waals surface area contributed by atoms with Gasteiger partial charge in [0, 0.05) is 16.6 Å². The van der Waals surface area contributed by atoms with E-state index in [1.54, 1.807) is 17.5 Å². The van der Waals surface area contributed by atoms with Gasteiger partial charge in [-0.05, 0) is 55.5 Å². The molecule has 3 aromatic heterocycles. The first kappa shape index (κ1) is 19.8. The largest absolute Gasteiger partial charge is 0.338 e. The number of nitrogens with one attached hydrogen (secondary N) is 2. The van der Waals surface area contributed by atoms with Gasteiger partial charge in [0.2, 0.25) is 5.91 Å². The summed E-state index contributed by atoms with van der Waals surface area (Å²) in [5, 5.41) is 13.9. The maximum absolute atomic E-state index is 12.5. The minimum atomic E-state index is -0.122. The van der Waals surface area contributed by atoms with Crippen molar-refractivity contribution < 1.29 is 4.79 Å². The van der Waals surface area contributed by atoms with Crippen LogP contribution < -0.4 is 5.32 Å². The van der Waals surface area contributed by atoms with Gasteiger partial charge in [0.15, 0.2) is 0 Å². The average Bonchev–Trinajstić information content (AvgIpc) is 3.39. The zero-order valence-electron chi connectivity index (χ0n) is 16.6. The van der Waals surface area contributed by atoms with Crippen LogP contribution in [-0.2, 0) is 17.6 Å². The van der Waals surface area contributed by atoms with E-state index in [1.165, 1.54) is 16.6 Å². The number of benzene rings is 1. The number of fused-ring (bicyclic) bond motifs is 2. The maximum Gasteiger partial charge on any atom is 0.235 e. The van der Waals surface area contributed by atoms with Crippen LogP contribution >= 0.6 is 23.1 Å². The molecule has 0 aliphatic heterocycles. The fourth-order valence-electron chi connectivity index (χ4n) is 3.77. The number of aromatic amines is 1. The molecule has 1 aliphatic rings. The van der Waals surface area contributed by atoms with Crippen LogP contribution in [0.2, 0.25) is 0 Å². The Morgan fingerprint density at radius 1 is 1.23 bits per heavy atom. The Bertz CT molecular complexity index is 1270. The lowest BCUT2D eigenvalue weighted by Gasteiger charge is -2.09. The second kappa shape index (κ2) is 8.53. The first-order valence-corrected chi connectivity index (χ1v) is 11.9. The zero-order valence-corrected chi connectivity index (χ0v) is 18.3. The topological polar surface area (TPSA) is 94.5 Å². The van der Waals surface area contributed by atoms with Crippen molar-refractivity contribution >= 4 is 45.0 Å². The van der Waals surface area contributed by atoms with Gasteiger partial charge in [0.25, 0.3) is 0 Å². The third-order valence-corrected chi connectivity index (χ3v) is 7.44. The molecule has 0 saturated heterocycles. The highest BCUT2D eigenvalue weighted by molar-refractivity contribution is 7.99. The first-order valence-electron chi connectivity index (χ1n) is 10.1. The Morgan fingerprint density at radius 2 is 2.10 bits per heavy atom. The van der Waals surface area contributed by atoms with Crippen LogP contribution in [0.1, 0.15) is 28.8 Å². The van der Waals surface area contributed by atoms with Crippen molar-refractivity contribution in [1.29, 1.82) is 5.26 Å². The van der Waals surface area contributed by atoms with Crippen molar-refractivity contribution in [3.05, 3.63) is 58.6 Å². The van der Waals surface area contributed by atoms with Crippen molar-refractivity contribution in [2.75, 3.05) is 11.1 Å². The molecule has 6 nitrogen and oxygen atoms in total. The average molecular weight is 446 g/mol. The van der Waals surface area contributed by atoms with Crippen LogP contribution in [0.3, 0.4) is 0 Å². The van der Waals surface area contributed by atoms with E-state index in [9.17, 15) is 10.1 Å². The highest BCUT2D eigenvalue weighted by atomic mass is 32.2. The number of para-hydroxylation sites is 2. The molecule has 1 aliphatic carbocycles. The second-order valence-electron chi connectivity index (χ2n) is 7.35. The van der Waals surface area contributed by atoms with E-state index in [0.717, 1.165) is 58.7 Å². The Kier molecular flexibility index (Phi) is 5.45. The molecule has 0 radical (unpaired) electrons. The van der Waals surface area contributed by atoms with Crippen LogP contribution in [0.5, 0.6) is 0 Å². The molecule has 0 spiro atoms. The smallest absolute Gasteiger partial charge is 0.235 e. The van der Waals surface area contributed by atoms with Crippen LogP contribution in [0, 0.1) is 11.3 Å². The van der Waals surface area contributed by atoms with E-state index in [0.29, 0.717) is 10.6 Å². The molecule has 0 bridgehead atoms. The molecule has 0 unspecified atom stereocenters. The third kappa shape index (κ3) is 4.07. The highest BCUT2D eigenvalue weighted by Gasteiger charge is 2.21. The number of aromatic nitrogens is 3. The fourth-order valence-corrected chi connectivity index (χ4v) is 5.67. The number of carbonyl (C=O) groups is 1. The summed E-state index contributed by atoms with van der Waals surface area (Å²) >= 11 is 2.92. The molecule has 4 aromatic rings. The molecule has 2 N–H and O–H groups in total. The van der Waals surface area contributed by atoms with Gasteiger partial charge in [0.1, 0.15) is 16.9 Å². The molecule has 0 fully saturated rings. The molecule has 0 atom stereocenters. The summed E-state index contributed by atoms with van der Waals surface area (Å²) in [6.07, 6.45) is 5.95. The summed E-state index contributed by atoms with van der Waals surface area (Å²) in [6.45, 7) is 0. The third-order valence-electron chi connectivity index (χ3n) is 5.29. The predicted octanol–water partition coefficient (Wildman–Crippen LogP) is 5.17. The Hall–Kier alpha value is -3.15. The molecule has 8 heteroatoms. The van der Waals surface area contributed by atoms with Crippen LogP contribution in [-0.4, -0.2) is 26.6 Å². The SMILES string of the molecule is N#Cc1c(NC(=O)CSc2ccc(-c3nc4ccccc4[nH]3)cn2)sc2c1CCCC2. The molecular weight excluding hydrogens is 426 g/mol. The molecule has 31 heavy (non-hydrogen) atoms. The van der Waals surface area contributed by atoms with Gasteiger partial charge in [-0.15, -0.1) is 11.3 Å². The maximum atomic E-state index is 12.5. The van der Waals surface area contributed by atoms with Crippen molar-refractivity contribution in [3.8, 4) is 17.5 Å². The summed E-state index contributed by atoms with van der Waals surface area (Å²) in [4.78, 5) is 26.1. The highest BCUT2D eigenvalue weighted by Crippen LogP contribution is 2.37. The number of thioether (sulfide) groups is 1. The Labute approximate surface area is 187 Å². The summed E-state index contributed by atoms with van der Waals surface area (Å²) in [5.41, 5.74) is 4.57. The van der Waals surface area contributed by atoms with Gasteiger partial charge in [-0.1, -0.05) is 23.9 Å². The first-order chi connectivity index (χ1) is 15.2. The van der Waals surface area contributed by atoms with Crippen molar-refractivity contribution in [2.45, 2.75) is 30.7 Å². The van der Waals surface area contributed by atoms with Crippen LogP contribution in [0.25, 0.3) is 22.4 Å². The molecule has 1 amide bonds. The van der Waals surface area contributed by atoms with Crippen LogP contribution in [0.4, 0.5) is 5.00 Å². The molecule has 5 rings (SSSR count). The number of aryl methyl sites for hydroxylation is 1. The van der Waals surface area contributed by atoms with Crippen LogP contribution in [0.15, 0.2) is 47.6 Å². The number of amides is 1. The van der Waals surface area contributed by atoms with Crippen molar-refractivity contribution in [3.63, 3.8) is 0 Å². The number of thiophene rings is 1. The number of hydrogen-bond donors (Lipinski definition) is 2. The number of nitrogens with zero attached hydrogens (tertiary/aromatic N) is 3. The minimum absolute atomic E-state index is 0.122. The summed E-state index contributed by atoms with van der Waals surface area (Å²) < 4.78 is 0. The van der Waals surface area contributed by atoms with E-state index < -0.39 is 0 Å². The van der Waals surface area contributed by atoms with E-state index in [2.05, 4.69) is 26.3 Å². The number of carbonyl (C=O) groups excluding carboxylic acids is 1. The number of rotatable bonds is 5. The Morgan fingerprint density at radius 3 is 2.90 bits per heavy atom. The van der Waals surface area contributed by atoms with Gasteiger partial charge < -0.3 is 10.3 Å². The summed E-state index contributed by atoms with van der Waals surface area (Å²) in [5.74, 6) is 0.890. The van der Waals surface area contributed by atoms with Gasteiger partial charge in [-0.2, -0.15) is 5.26 Å². The lowest BCUT2D eigenvalue weighted by atomic mass is 9.96. The van der Waals surface area contributed by atoms with Crippen molar-refractivity contribution in [2.24, 2.45) is 0 Å². The number of pyridine rings is 1. The normalized spacial score (nSPS) is 13.0. The van der Waals surface area contributed by atoms with Gasteiger partial charge >= 0.3 is 0 Å². The van der Waals surface area contributed by atoms with E-state index in [-0.39, 0.29) is 11.7 Å². The molecule has 3 heterocycles. The predicted molar refractivity (Wildman–Crippen MR) is 124 cm³/mol. The molecule has 0 saturated carbocycles. The number of nitriles is 1. The standard InChI is InChI=1S/C23H19N5OS2/c24-11-16-15-5-1-4-8-19(15)31-23(16)28-20(29)13-30-21-10-9-14(12-25-21)22-26-17-6-2-3-7-18(17)27-22/h2-3,6-7,9-10,12H,1,4-5,8,13H2,(H,26,27)(H,28,29). The second-order valence-corrected chi connectivity index (χ2v) is 9.45. The fraction of sp³-hybridized carbons (Fsp3) is 0.217. The van der Waals surface area contributed by atoms with Gasteiger partial charge in [-0.25, -0.2) is 9.97 Å². The number of H-pyrrole nitrogens is 1. The minimum Gasteiger partial charge on any atom is -0.338 e. The molecular formula is C23H19N5OS2. The van der Waals surface area contributed by atoms with Gasteiger partial charge in [-0.3, -0.25) is 4.79 Å². The number of anilines is 1. The number of hydrogen-bond acceptors (Lipinski definition) is 6. The van der Waals surface area contributed by atoms with Crippen molar-refractivity contribution in [1.82, 2.24) is 15.0 Å². The summed E-state index contributed by atoms with van der Waals surface area (Å²) in [6, 6.07) is 14.0. The van der Waals surface area contributed by atoms with Gasteiger partial charge in [0.05, 0.1) is 27.4 Å². The van der Waals surface area contributed by atoms with E-state index in [1.807, 2.05) is 36.4 Å². The summed E-state index contributed by atoms with van der Waals surface area (Å²) in [7, 11) is 0. The molecule has 154 valence electrons. The monoisotopic (exact) mass is 445 g/mol. The van der Waals surface area contributed by atoms with E-state index in [4.69, 9.17) is 0 Å². The lowest BCUT2D eigenvalue weighted by Crippen LogP contribution is -2.14. The van der Waals surface area contributed by atoms with E-state index >= 15 is 0 Å². The number of imidazole rings is 1. The lowest BCUT2D eigenvalue weighted by molar-refractivity contribution is -0.113. The Balaban J connectivity index is 1.23.